The van der Waals surface area contributed by atoms with Crippen LogP contribution in [-0.2, 0) is 12.0 Å². The Hall–Kier alpha value is -1.16. The number of anilines is 1. The summed E-state index contributed by atoms with van der Waals surface area (Å²) < 4.78 is 2.38. The molecule has 0 bridgehead atoms. The minimum absolute atomic E-state index is 0.0487. The van der Waals surface area contributed by atoms with Crippen LogP contribution in [0.5, 0.6) is 0 Å². The smallest absolute Gasteiger partial charge is 0.115 e. The fourth-order valence-corrected chi connectivity index (χ4v) is 3.13. The third-order valence-corrected chi connectivity index (χ3v) is 4.37. The molecule has 2 N–H and O–H groups in total. The van der Waals surface area contributed by atoms with Crippen LogP contribution in [0.3, 0.4) is 0 Å². The van der Waals surface area contributed by atoms with Crippen LogP contribution in [0.15, 0.2) is 18.2 Å². The second kappa shape index (κ2) is 6.73. The minimum atomic E-state index is 0.0487. The van der Waals surface area contributed by atoms with Gasteiger partial charge in [-0.05, 0) is 43.0 Å². The van der Waals surface area contributed by atoms with Gasteiger partial charge in [0.15, 0.2) is 0 Å². The van der Waals surface area contributed by atoms with Crippen molar-refractivity contribution in [2.24, 2.45) is 0 Å². The van der Waals surface area contributed by atoms with Gasteiger partial charge in [0.05, 0.1) is 11.0 Å². The van der Waals surface area contributed by atoms with Crippen molar-refractivity contribution in [2.75, 3.05) is 17.7 Å². The lowest BCUT2D eigenvalue weighted by molar-refractivity contribution is 0.491. The quantitative estimate of drug-likeness (QED) is 0.633. The predicted molar refractivity (Wildman–Crippen MR) is 95.1 cm³/mol. The first-order valence-corrected chi connectivity index (χ1v) is 9.08. The fourth-order valence-electron chi connectivity index (χ4n) is 2.64. The van der Waals surface area contributed by atoms with E-state index >= 15 is 0 Å². The van der Waals surface area contributed by atoms with Crippen molar-refractivity contribution in [3.05, 3.63) is 24.0 Å². The number of nitrogens with zero attached hydrogens (tertiary/aromatic N) is 2. The van der Waals surface area contributed by atoms with Crippen LogP contribution in [0.2, 0.25) is 0 Å². The number of unbranched alkanes of at least 4 members (excludes halogenated alkanes) is 2. The molecule has 2 aromatic rings. The van der Waals surface area contributed by atoms with E-state index in [1.807, 2.05) is 23.9 Å². The van der Waals surface area contributed by atoms with Crippen LogP contribution in [-0.4, -0.2) is 21.6 Å². The molecule has 3 nitrogen and oxygen atoms in total. The van der Waals surface area contributed by atoms with Crippen molar-refractivity contribution in [2.45, 2.75) is 52.0 Å². The van der Waals surface area contributed by atoms with Crippen molar-refractivity contribution >= 4 is 28.5 Å². The summed E-state index contributed by atoms with van der Waals surface area (Å²) in [5.41, 5.74) is 8.95. The number of nitrogen functional groups attached to an aromatic ring is 1. The number of aryl methyl sites for hydroxylation is 1. The lowest BCUT2D eigenvalue weighted by atomic mass is 9.95. The van der Waals surface area contributed by atoms with E-state index in [1.54, 1.807) is 0 Å². The van der Waals surface area contributed by atoms with Crippen molar-refractivity contribution in [1.29, 1.82) is 0 Å². The van der Waals surface area contributed by atoms with Gasteiger partial charge < -0.3 is 10.3 Å². The van der Waals surface area contributed by atoms with Gasteiger partial charge in [-0.25, -0.2) is 4.98 Å². The number of imidazole rings is 1. The first-order chi connectivity index (χ1) is 9.93. The van der Waals surface area contributed by atoms with E-state index in [0.29, 0.717) is 0 Å². The van der Waals surface area contributed by atoms with E-state index < -0.39 is 0 Å². The summed E-state index contributed by atoms with van der Waals surface area (Å²) in [4.78, 5) is 4.84. The molecule has 0 unspecified atom stereocenters. The Morgan fingerprint density at radius 2 is 1.95 bits per heavy atom. The molecule has 1 aromatic carbocycles. The van der Waals surface area contributed by atoms with Crippen LogP contribution >= 0.6 is 11.8 Å². The minimum Gasteiger partial charge on any atom is -0.399 e. The van der Waals surface area contributed by atoms with Crippen molar-refractivity contribution in [1.82, 2.24) is 9.55 Å². The maximum absolute atomic E-state index is 5.90. The highest BCUT2D eigenvalue weighted by atomic mass is 32.2. The van der Waals surface area contributed by atoms with Crippen molar-refractivity contribution < 1.29 is 0 Å². The number of hydrogen-bond acceptors (Lipinski definition) is 3. The zero-order chi connectivity index (χ0) is 15.5. The first kappa shape index (κ1) is 16.2. The number of hydrogen-bond donors (Lipinski definition) is 1. The summed E-state index contributed by atoms with van der Waals surface area (Å²) in [7, 11) is 0. The third-order valence-electron chi connectivity index (χ3n) is 3.67. The van der Waals surface area contributed by atoms with Gasteiger partial charge in [0.2, 0.25) is 0 Å². The highest BCUT2D eigenvalue weighted by Crippen LogP contribution is 2.28. The molecule has 0 saturated heterocycles. The monoisotopic (exact) mass is 305 g/mol. The Morgan fingerprint density at radius 1 is 1.19 bits per heavy atom. The topological polar surface area (TPSA) is 43.8 Å². The van der Waals surface area contributed by atoms with E-state index in [2.05, 4.69) is 37.7 Å². The van der Waals surface area contributed by atoms with Gasteiger partial charge in [0.25, 0.3) is 0 Å². The zero-order valence-electron chi connectivity index (χ0n) is 13.6. The SMILES string of the molecule is CSCCCCCn1c(C(C)(C)C)nc2cc(N)ccc21. The van der Waals surface area contributed by atoms with Crippen molar-refractivity contribution in [3.8, 4) is 0 Å². The van der Waals surface area contributed by atoms with E-state index in [-0.39, 0.29) is 5.41 Å². The number of aromatic nitrogens is 2. The standard InChI is InChI=1S/C17H27N3S/c1-17(2,3)16-19-14-12-13(18)8-9-15(14)20(16)10-6-5-7-11-21-4/h8-9,12H,5-7,10-11,18H2,1-4H3. The van der Waals surface area contributed by atoms with Crippen LogP contribution < -0.4 is 5.73 Å². The largest absolute Gasteiger partial charge is 0.399 e. The Balaban J connectivity index is 2.26. The predicted octanol–water partition coefficient (Wildman–Crippen LogP) is 4.45. The number of thioether (sulfide) groups is 1. The normalized spacial score (nSPS) is 12.2. The number of nitrogens with two attached hydrogens (primary N) is 1. The molecule has 0 aliphatic rings. The summed E-state index contributed by atoms with van der Waals surface area (Å²) in [6, 6.07) is 6.06. The molecule has 2 rings (SSSR count). The Labute approximate surface area is 132 Å². The molecular weight excluding hydrogens is 278 g/mol. The average Bonchev–Trinajstić information content (AvgIpc) is 2.76. The number of rotatable bonds is 6. The summed E-state index contributed by atoms with van der Waals surface area (Å²) in [5.74, 6) is 2.42. The molecule has 0 radical (unpaired) electrons. The lowest BCUT2D eigenvalue weighted by Gasteiger charge is -2.20. The van der Waals surface area contributed by atoms with Gasteiger partial charge in [-0.1, -0.05) is 27.2 Å². The van der Waals surface area contributed by atoms with Gasteiger partial charge >= 0.3 is 0 Å². The van der Waals surface area contributed by atoms with Crippen molar-refractivity contribution in [3.63, 3.8) is 0 Å². The van der Waals surface area contributed by atoms with E-state index in [4.69, 9.17) is 10.7 Å². The van der Waals surface area contributed by atoms with Gasteiger partial charge in [-0.3, -0.25) is 0 Å². The van der Waals surface area contributed by atoms with E-state index in [0.717, 1.165) is 23.6 Å². The molecule has 116 valence electrons. The Kier molecular flexibility index (Phi) is 5.20. The Bertz CT molecular complexity index is 596. The average molecular weight is 305 g/mol. The molecule has 0 aliphatic heterocycles. The molecule has 0 fully saturated rings. The fraction of sp³-hybridized carbons (Fsp3) is 0.588. The summed E-state index contributed by atoms with van der Waals surface area (Å²) in [6.45, 7) is 7.72. The van der Waals surface area contributed by atoms with Gasteiger partial charge in [0.1, 0.15) is 5.82 Å². The molecule has 0 aliphatic carbocycles. The Morgan fingerprint density at radius 3 is 2.62 bits per heavy atom. The lowest BCUT2D eigenvalue weighted by Crippen LogP contribution is -2.19. The third kappa shape index (κ3) is 3.94. The molecule has 0 saturated carbocycles. The van der Waals surface area contributed by atoms with Gasteiger partial charge in [0, 0.05) is 17.6 Å². The van der Waals surface area contributed by atoms with Gasteiger partial charge in [-0.2, -0.15) is 11.8 Å². The van der Waals surface area contributed by atoms with Crippen LogP contribution in [0.25, 0.3) is 11.0 Å². The second-order valence-corrected chi connectivity index (χ2v) is 7.62. The van der Waals surface area contributed by atoms with Crippen LogP contribution in [0.1, 0.15) is 45.9 Å². The van der Waals surface area contributed by atoms with E-state index in [9.17, 15) is 0 Å². The maximum Gasteiger partial charge on any atom is 0.115 e. The summed E-state index contributed by atoms with van der Waals surface area (Å²) in [6.07, 6.45) is 5.95. The van der Waals surface area contributed by atoms with E-state index in [1.165, 1.54) is 30.5 Å². The highest BCUT2D eigenvalue weighted by Gasteiger charge is 2.22. The molecule has 1 heterocycles. The molecule has 1 aromatic heterocycles. The zero-order valence-corrected chi connectivity index (χ0v) is 14.5. The molecule has 0 amide bonds. The first-order valence-electron chi connectivity index (χ1n) is 7.68. The second-order valence-electron chi connectivity index (χ2n) is 6.64. The molecule has 0 spiro atoms. The van der Waals surface area contributed by atoms with Crippen LogP contribution in [0, 0.1) is 0 Å². The maximum atomic E-state index is 5.90. The summed E-state index contributed by atoms with van der Waals surface area (Å²) in [5, 5.41) is 0. The van der Waals surface area contributed by atoms with Crippen LogP contribution in [0.4, 0.5) is 5.69 Å². The molecule has 21 heavy (non-hydrogen) atoms. The number of benzene rings is 1. The highest BCUT2D eigenvalue weighted by molar-refractivity contribution is 7.98. The molecule has 0 atom stereocenters. The van der Waals surface area contributed by atoms with Gasteiger partial charge in [-0.15, -0.1) is 0 Å². The number of fused-ring (bicyclic) bond motifs is 1. The molecular formula is C17H27N3S. The summed E-state index contributed by atoms with van der Waals surface area (Å²) >= 11 is 1.93. The molecule has 4 heteroatoms.